The number of unbranched alkanes of at least 4 members (excludes halogenated alkanes) is 1. The Kier molecular flexibility index (Phi) is 9.54. The molecule has 1 aliphatic carbocycles. The Morgan fingerprint density at radius 3 is 2.62 bits per heavy atom. The molecule has 6 nitrogen and oxygen atoms in total. The summed E-state index contributed by atoms with van der Waals surface area (Å²) in [6.45, 7) is 8.14. The van der Waals surface area contributed by atoms with Crippen LogP contribution in [0.5, 0.6) is 0 Å². The number of nitrogens with zero attached hydrogens (tertiary/aromatic N) is 1. The minimum atomic E-state index is -0.694. The van der Waals surface area contributed by atoms with Crippen LogP contribution in [0.3, 0.4) is 0 Å². The zero-order valence-electron chi connectivity index (χ0n) is 19.1. The molecule has 1 atom stereocenters. The van der Waals surface area contributed by atoms with E-state index in [1.807, 2.05) is 18.3 Å². The highest BCUT2D eigenvalue weighted by Crippen LogP contribution is 2.36. The molecule has 7 heteroatoms. The lowest BCUT2D eigenvalue weighted by atomic mass is 9.86. The molecular weight excluding hydrogens is 426 g/mol. The van der Waals surface area contributed by atoms with Crippen molar-refractivity contribution in [3.63, 3.8) is 0 Å². The lowest BCUT2D eigenvalue weighted by Crippen LogP contribution is -2.43. The van der Waals surface area contributed by atoms with Crippen molar-refractivity contribution >= 4 is 24.1 Å². The number of nitrogens with two attached hydrogens (primary N) is 1. The summed E-state index contributed by atoms with van der Waals surface area (Å²) >= 11 is 0. The second-order valence-electron chi connectivity index (χ2n) is 8.42. The molecule has 3 rings (SSSR count). The third-order valence-corrected chi connectivity index (χ3v) is 5.38. The van der Waals surface area contributed by atoms with Crippen LogP contribution in [0.1, 0.15) is 50.4 Å². The largest absolute Gasteiger partial charge is 0.491 e. The van der Waals surface area contributed by atoms with Gasteiger partial charge in [0, 0.05) is 36.8 Å². The Bertz CT molecular complexity index is 906. The SMILES string of the molecule is CCCCOC1=C(CN)N(CC(C)C)C=C2CC(=O)C(NC(=O)c3ccccc3)C=C21.Cl. The zero-order valence-corrected chi connectivity index (χ0v) is 19.9. The smallest absolute Gasteiger partial charge is 0.252 e. The van der Waals surface area contributed by atoms with E-state index in [-0.39, 0.29) is 30.5 Å². The van der Waals surface area contributed by atoms with Crippen LogP contribution >= 0.6 is 12.4 Å². The van der Waals surface area contributed by atoms with Crippen LogP contribution in [0.2, 0.25) is 0 Å². The van der Waals surface area contributed by atoms with Gasteiger partial charge in [0.25, 0.3) is 5.91 Å². The summed E-state index contributed by atoms with van der Waals surface area (Å²) in [5.74, 6) is 0.864. The van der Waals surface area contributed by atoms with Gasteiger partial charge in [0.1, 0.15) is 11.8 Å². The number of amides is 1. The van der Waals surface area contributed by atoms with Crippen LogP contribution < -0.4 is 11.1 Å². The molecule has 0 fully saturated rings. The van der Waals surface area contributed by atoms with Gasteiger partial charge in [0.2, 0.25) is 0 Å². The van der Waals surface area contributed by atoms with Crippen LogP contribution in [0, 0.1) is 5.92 Å². The Morgan fingerprint density at radius 1 is 1.28 bits per heavy atom. The van der Waals surface area contributed by atoms with Crippen LogP contribution in [0.25, 0.3) is 0 Å². The highest BCUT2D eigenvalue weighted by atomic mass is 35.5. The summed E-state index contributed by atoms with van der Waals surface area (Å²) in [6.07, 6.45) is 6.05. The van der Waals surface area contributed by atoms with Crippen molar-refractivity contribution in [2.75, 3.05) is 19.7 Å². The summed E-state index contributed by atoms with van der Waals surface area (Å²) in [5.41, 5.74) is 9.36. The van der Waals surface area contributed by atoms with E-state index in [1.165, 1.54) is 0 Å². The second kappa shape index (κ2) is 11.9. The molecule has 0 saturated carbocycles. The van der Waals surface area contributed by atoms with Gasteiger partial charge in [-0.25, -0.2) is 0 Å². The fraction of sp³-hybridized carbons (Fsp3) is 0.440. The monoisotopic (exact) mass is 459 g/mol. The molecule has 1 unspecified atom stereocenters. The summed E-state index contributed by atoms with van der Waals surface area (Å²) in [5, 5.41) is 2.87. The predicted molar refractivity (Wildman–Crippen MR) is 129 cm³/mol. The van der Waals surface area contributed by atoms with Crippen LogP contribution in [0.4, 0.5) is 0 Å². The summed E-state index contributed by atoms with van der Waals surface area (Å²) in [6, 6.07) is 8.23. The van der Waals surface area contributed by atoms with E-state index in [1.54, 1.807) is 24.3 Å². The average molecular weight is 460 g/mol. The van der Waals surface area contributed by atoms with Crippen LogP contribution in [-0.2, 0) is 9.53 Å². The Labute approximate surface area is 197 Å². The number of carbonyl (C=O) groups excluding carboxylic acids is 2. The lowest BCUT2D eigenvalue weighted by molar-refractivity contribution is -0.119. The van der Waals surface area contributed by atoms with Gasteiger partial charge in [-0.05, 0) is 36.1 Å². The fourth-order valence-electron chi connectivity index (χ4n) is 3.83. The van der Waals surface area contributed by atoms with Crippen LogP contribution in [0.15, 0.2) is 65.2 Å². The average Bonchev–Trinajstić information content (AvgIpc) is 2.75. The van der Waals surface area contributed by atoms with Gasteiger partial charge < -0.3 is 20.7 Å². The van der Waals surface area contributed by atoms with Gasteiger partial charge >= 0.3 is 0 Å². The van der Waals surface area contributed by atoms with Gasteiger partial charge in [0.15, 0.2) is 5.78 Å². The van der Waals surface area contributed by atoms with Crippen molar-refractivity contribution in [2.24, 2.45) is 11.7 Å². The number of nitrogens with one attached hydrogen (secondary N) is 1. The van der Waals surface area contributed by atoms with Gasteiger partial charge in [-0.3, -0.25) is 9.59 Å². The number of ketones is 1. The molecule has 0 radical (unpaired) electrons. The number of halogens is 1. The van der Waals surface area contributed by atoms with Gasteiger partial charge in [-0.2, -0.15) is 0 Å². The van der Waals surface area contributed by atoms with E-state index < -0.39 is 6.04 Å². The molecule has 32 heavy (non-hydrogen) atoms. The van der Waals surface area contributed by atoms with E-state index in [0.717, 1.165) is 42.0 Å². The number of Topliss-reactive ketones (excluding diaryl/α,β-unsaturated/α-hetero) is 1. The van der Waals surface area contributed by atoms with E-state index in [0.29, 0.717) is 24.6 Å². The second-order valence-corrected chi connectivity index (χ2v) is 8.42. The highest BCUT2D eigenvalue weighted by molar-refractivity contribution is 6.00. The molecule has 0 saturated heterocycles. The highest BCUT2D eigenvalue weighted by Gasteiger charge is 2.34. The molecule has 1 heterocycles. The van der Waals surface area contributed by atoms with Crippen molar-refractivity contribution in [3.8, 4) is 0 Å². The Balaban J connectivity index is 0.00000363. The molecule has 0 spiro atoms. The van der Waals surface area contributed by atoms with Crippen molar-refractivity contribution < 1.29 is 14.3 Å². The predicted octanol–water partition coefficient (Wildman–Crippen LogP) is 3.95. The van der Waals surface area contributed by atoms with E-state index in [4.69, 9.17) is 10.5 Å². The number of hydrogen-bond donors (Lipinski definition) is 2. The van der Waals surface area contributed by atoms with Crippen molar-refractivity contribution in [3.05, 3.63) is 70.8 Å². The number of benzene rings is 1. The van der Waals surface area contributed by atoms with Crippen molar-refractivity contribution in [2.45, 2.75) is 46.1 Å². The quantitative estimate of drug-likeness (QED) is 0.546. The van der Waals surface area contributed by atoms with Crippen LogP contribution in [-0.4, -0.2) is 42.3 Å². The molecule has 2 aliphatic rings. The number of fused-ring (bicyclic) bond motifs is 1. The molecule has 174 valence electrons. The number of carbonyl (C=O) groups is 2. The number of hydrogen-bond acceptors (Lipinski definition) is 5. The summed E-state index contributed by atoms with van der Waals surface area (Å²) < 4.78 is 6.21. The molecule has 1 amide bonds. The first-order valence-electron chi connectivity index (χ1n) is 11.1. The summed E-state index contributed by atoms with van der Waals surface area (Å²) in [4.78, 5) is 27.6. The lowest BCUT2D eigenvalue weighted by Gasteiger charge is -2.36. The third kappa shape index (κ3) is 6.02. The number of rotatable bonds is 9. The molecule has 1 aromatic carbocycles. The van der Waals surface area contributed by atoms with Crippen molar-refractivity contribution in [1.82, 2.24) is 10.2 Å². The minimum absolute atomic E-state index is 0. The van der Waals surface area contributed by atoms with E-state index in [9.17, 15) is 9.59 Å². The molecule has 1 aliphatic heterocycles. The first-order chi connectivity index (χ1) is 14.9. The molecular formula is C25H34ClN3O3. The minimum Gasteiger partial charge on any atom is -0.491 e. The standard InChI is InChI=1S/C25H33N3O3.ClH/c1-4-5-11-31-24-20-13-21(27-25(30)18-9-7-6-8-10-18)23(29)12-19(20)16-28(15-17(2)3)22(24)14-26;/h6-10,13,16-17,21H,4-5,11-12,14-15,26H2,1-3H3,(H,27,30);1H. The van der Waals surface area contributed by atoms with E-state index >= 15 is 0 Å². The normalized spacial score (nSPS) is 18.0. The van der Waals surface area contributed by atoms with Crippen molar-refractivity contribution in [1.29, 1.82) is 0 Å². The topological polar surface area (TPSA) is 84.7 Å². The zero-order chi connectivity index (χ0) is 22.4. The summed E-state index contributed by atoms with van der Waals surface area (Å²) in [7, 11) is 0. The van der Waals surface area contributed by atoms with Gasteiger partial charge in [-0.15, -0.1) is 12.4 Å². The fourth-order valence-corrected chi connectivity index (χ4v) is 3.83. The maximum absolute atomic E-state index is 12.9. The number of allylic oxidation sites excluding steroid dienone is 1. The molecule has 0 aromatic heterocycles. The number of ether oxygens (including phenoxy) is 1. The van der Waals surface area contributed by atoms with E-state index in [2.05, 4.69) is 31.0 Å². The maximum Gasteiger partial charge on any atom is 0.252 e. The Morgan fingerprint density at radius 2 is 2.00 bits per heavy atom. The first-order valence-corrected chi connectivity index (χ1v) is 11.1. The maximum atomic E-state index is 12.9. The third-order valence-electron chi connectivity index (χ3n) is 5.38. The van der Waals surface area contributed by atoms with Gasteiger partial charge in [-0.1, -0.05) is 45.4 Å². The Hall–Kier alpha value is -2.57. The molecule has 1 aromatic rings. The molecule has 0 bridgehead atoms. The molecule has 3 N–H and O–H groups in total. The first kappa shape index (κ1) is 25.7. The van der Waals surface area contributed by atoms with Gasteiger partial charge in [0.05, 0.1) is 12.3 Å².